The minimum Gasteiger partial charge on any atom is -0.348 e. The number of rotatable bonds is 13. The zero-order valence-electron chi connectivity index (χ0n) is 27.4. The monoisotopic (exact) mass is 582 g/mol. The number of allylic oxidation sites excluding steroid dienone is 5. The number of benzene rings is 1. The highest BCUT2D eigenvalue weighted by molar-refractivity contribution is 7.80. The van der Waals surface area contributed by atoms with Gasteiger partial charge < -0.3 is 16.0 Å². The number of hydrogen-bond acceptors (Lipinski definition) is 5. The molecule has 1 amide bonds. The minimum atomic E-state index is 0.181. The average molecular weight is 583 g/mol. The largest absolute Gasteiger partial charge is 0.348 e. The second-order valence-electron chi connectivity index (χ2n) is 11.5. The normalized spacial score (nSPS) is 15.8. The third kappa shape index (κ3) is 10.9. The highest BCUT2D eigenvalue weighted by atomic mass is 32.1. The van der Waals surface area contributed by atoms with Crippen LogP contribution in [-0.4, -0.2) is 67.9 Å². The van der Waals surface area contributed by atoms with E-state index in [4.69, 9.17) is 5.41 Å². The summed E-state index contributed by atoms with van der Waals surface area (Å²) in [4.78, 5) is 16.2. The molecule has 0 bridgehead atoms. The number of carbonyl (C=O) groups is 1. The molecular weight excluding hydrogens is 524 g/mol. The van der Waals surface area contributed by atoms with E-state index in [1.807, 2.05) is 14.1 Å². The van der Waals surface area contributed by atoms with Crippen molar-refractivity contribution in [1.29, 1.82) is 5.41 Å². The molecule has 1 heterocycles. The molecule has 0 saturated carbocycles. The Balaban J connectivity index is 0.00000411. The van der Waals surface area contributed by atoms with Crippen molar-refractivity contribution in [3.05, 3.63) is 63.8 Å². The van der Waals surface area contributed by atoms with Crippen LogP contribution in [0.4, 0.5) is 0 Å². The number of nitrogens with one attached hydrogen (secondary N) is 1. The molecule has 230 valence electrons. The van der Waals surface area contributed by atoms with Crippen molar-refractivity contribution >= 4 is 29.8 Å². The summed E-state index contributed by atoms with van der Waals surface area (Å²) < 4.78 is 0. The van der Waals surface area contributed by atoms with Gasteiger partial charge in [0, 0.05) is 25.6 Å². The maximum atomic E-state index is 12.2. The van der Waals surface area contributed by atoms with Gasteiger partial charge in [0.2, 0.25) is 5.91 Å². The number of aryl methyl sites for hydroxylation is 1. The molecule has 6 heteroatoms. The molecule has 41 heavy (non-hydrogen) atoms. The summed E-state index contributed by atoms with van der Waals surface area (Å²) in [6.07, 6.45) is 10.5. The molecule has 0 radical (unpaired) electrons. The molecule has 0 spiro atoms. The lowest BCUT2D eigenvalue weighted by molar-refractivity contribution is -0.130. The van der Waals surface area contributed by atoms with Crippen molar-refractivity contribution in [2.24, 2.45) is 11.7 Å². The zero-order valence-corrected chi connectivity index (χ0v) is 28.3. The van der Waals surface area contributed by atoms with Crippen LogP contribution in [0.2, 0.25) is 0 Å². The van der Waals surface area contributed by atoms with Crippen LogP contribution in [-0.2, 0) is 4.79 Å². The zero-order chi connectivity index (χ0) is 31.1. The van der Waals surface area contributed by atoms with Crippen LogP contribution >= 0.6 is 12.6 Å². The SMILES string of the molecule is C/C=C(\C=C(\CS)C(=N)CCC)C(/CCC)=C(/c1cc(C2CCN(CC(=O)N(C)C)CC2)ccc1C)C(C)C.CN. The summed E-state index contributed by atoms with van der Waals surface area (Å²) in [5.41, 5.74) is 14.4. The van der Waals surface area contributed by atoms with Gasteiger partial charge >= 0.3 is 0 Å². The first-order chi connectivity index (χ1) is 19.6. The molecule has 3 N–H and O–H groups in total. The third-order valence-corrected chi connectivity index (χ3v) is 8.26. The number of nitrogens with zero attached hydrogens (tertiary/aromatic N) is 2. The van der Waals surface area contributed by atoms with Crippen molar-refractivity contribution in [2.45, 2.75) is 86.0 Å². The Morgan fingerprint density at radius 3 is 2.24 bits per heavy atom. The van der Waals surface area contributed by atoms with Crippen LogP contribution in [0, 0.1) is 18.3 Å². The van der Waals surface area contributed by atoms with Crippen LogP contribution < -0.4 is 5.73 Å². The van der Waals surface area contributed by atoms with Crippen LogP contribution in [0.3, 0.4) is 0 Å². The molecule has 5 nitrogen and oxygen atoms in total. The van der Waals surface area contributed by atoms with Crippen molar-refractivity contribution in [3.63, 3.8) is 0 Å². The van der Waals surface area contributed by atoms with Crippen LogP contribution in [0.15, 0.2) is 47.1 Å². The lowest BCUT2D eigenvalue weighted by atomic mass is 9.80. The molecular formula is C35H58N4OS. The fourth-order valence-corrected chi connectivity index (χ4v) is 5.90. The molecule has 0 aromatic heterocycles. The van der Waals surface area contributed by atoms with E-state index in [2.05, 4.69) is 95.2 Å². The van der Waals surface area contributed by atoms with E-state index >= 15 is 0 Å². The highest BCUT2D eigenvalue weighted by Gasteiger charge is 2.24. The number of carbonyl (C=O) groups excluding carboxylic acids is 1. The maximum absolute atomic E-state index is 12.2. The first-order valence-corrected chi connectivity index (χ1v) is 16.1. The Morgan fingerprint density at radius 1 is 1.15 bits per heavy atom. The van der Waals surface area contributed by atoms with Crippen LogP contribution in [0.1, 0.15) is 95.8 Å². The van der Waals surface area contributed by atoms with Gasteiger partial charge in [-0.2, -0.15) is 12.6 Å². The Kier molecular flexibility index (Phi) is 17.2. The molecule has 0 atom stereocenters. The van der Waals surface area contributed by atoms with Gasteiger partial charge in [-0.25, -0.2) is 0 Å². The quantitative estimate of drug-likeness (QED) is 0.127. The van der Waals surface area contributed by atoms with Gasteiger partial charge in [-0.1, -0.05) is 64.8 Å². The van der Waals surface area contributed by atoms with E-state index in [1.165, 1.54) is 40.5 Å². The Labute approximate surface area is 257 Å². The molecule has 0 aliphatic carbocycles. The lowest BCUT2D eigenvalue weighted by Gasteiger charge is -2.33. The highest BCUT2D eigenvalue weighted by Crippen LogP contribution is 2.38. The van der Waals surface area contributed by atoms with Crippen LogP contribution in [0.25, 0.3) is 5.57 Å². The predicted molar refractivity (Wildman–Crippen MR) is 183 cm³/mol. The molecule has 2 rings (SSSR count). The number of likely N-dealkylation sites (tertiary alicyclic amines) is 1. The van der Waals surface area contributed by atoms with E-state index in [0.29, 0.717) is 29.8 Å². The summed E-state index contributed by atoms with van der Waals surface area (Å²) in [5.74, 6) is 1.66. The fraction of sp³-hybridized carbons (Fsp3) is 0.600. The molecule has 1 aromatic carbocycles. The van der Waals surface area contributed by atoms with Gasteiger partial charge in [-0.05, 0) is 117 Å². The van der Waals surface area contributed by atoms with Gasteiger partial charge in [-0.3, -0.25) is 9.69 Å². The van der Waals surface area contributed by atoms with Crippen LogP contribution in [0.5, 0.6) is 0 Å². The standard InChI is InChI=1S/C34H53N3OS.CH5N/c1-9-12-30(26(11-3)20-29(23-39)32(35)13-10-2)34(24(4)5)31-21-28(15-14-25(31)6)27-16-18-37(19-17-27)22-33(38)36(7)8;1-2/h11,14-15,20-21,24,27,35,39H,9-10,12-13,16-19,22-23H2,1-8H3;2H2,1H3/b26-11+,29-20-,34-30+,35-32?;. The van der Waals surface area contributed by atoms with E-state index in [1.54, 1.807) is 4.90 Å². The molecule has 0 unspecified atom stereocenters. The van der Waals surface area contributed by atoms with Gasteiger partial charge in [0.25, 0.3) is 0 Å². The smallest absolute Gasteiger partial charge is 0.236 e. The molecule has 1 aliphatic heterocycles. The Hall–Kier alpha value is -2.15. The van der Waals surface area contributed by atoms with Gasteiger partial charge in [0.05, 0.1) is 6.54 Å². The molecule has 1 aromatic rings. The number of nitrogens with two attached hydrogens (primary N) is 1. The summed E-state index contributed by atoms with van der Waals surface area (Å²) >= 11 is 4.59. The molecule has 1 aliphatic rings. The second-order valence-corrected chi connectivity index (χ2v) is 11.8. The first kappa shape index (κ1) is 36.9. The van der Waals surface area contributed by atoms with E-state index in [9.17, 15) is 4.79 Å². The van der Waals surface area contributed by atoms with E-state index in [0.717, 1.165) is 57.2 Å². The third-order valence-electron chi connectivity index (χ3n) is 7.92. The maximum Gasteiger partial charge on any atom is 0.236 e. The second kappa shape index (κ2) is 19.1. The summed E-state index contributed by atoms with van der Waals surface area (Å²) in [7, 11) is 5.16. The summed E-state index contributed by atoms with van der Waals surface area (Å²) in [6, 6.07) is 7.09. The summed E-state index contributed by atoms with van der Waals surface area (Å²) in [5, 5.41) is 8.58. The number of likely N-dealkylation sites (N-methyl/N-ethyl adjacent to an activating group) is 1. The Morgan fingerprint density at radius 2 is 1.76 bits per heavy atom. The average Bonchev–Trinajstić information content (AvgIpc) is 2.96. The van der Waals surface area contributed by atoms with Gasteiger partial charge in [0.15, 0.2) is 0 Å². The Bertz CT molecular complexity index is 1080. The van der Waals surface area contributed by atoms with Crippen molar-refractivity contribution < 1.29 is 4.79 Å². The van der Waals surface area contributed by atoms with Crippen molar-refractivity contribution in [1.82, 2.24) is 9.80 Å². The number of amides is 1. The van der Waals surface area contributed by atoms with Crippen molar-refractivity contribution in [2.75, 3.05) is 46.5 Å². The predicted octanol–water partition coefficient (Wildman–Crippen LogP) is 7.67. The molecule has 1 saturated heterocycles. The summed E-state index contributed by atoms with van der Waals surface area (Å²) in [6.45, 7) is 15.8. The van der Waals surface area contributed by atoms with E-state index < -0.39 is 0 Å². The minimum absolute atomic E-state index is 0.181. The first-order valence-electron chi connectivity index (χ1n) is 15.5. The topological polar surface area (TPSA) is 73.4 Å². The number of thiol groups is 1. The van der Waals surface area contributed by atoms with Crippen molar-refractivity contribution in [3.8, 4) is 0 Å². The van der Waals surface area contributed by atoms with Gasteiger partial charge in [-0.15, -0.1) is 0 Å². The van der Waals surface area contributed by atoms with E-state index in [-0.39, 0.29) is 5.91 Å². The number of piperidine rings is 1. The molecule has 1 fully saturated rings. The number of hydrogen-bond donors (Lipinski definition) is 3. The fourth-order valence-electron chi connectivity index (χ4n) is 5.62. The van der Waals surface area contributed by atoms with Gasteiger partial charge in [0.1, 0.15) is 0 Å². The lowest BCUT2D eigenvalue weighted by Crippen LogP contribution is -2.40.